The molecule has 10 heavy (non-hydrogen) atoms. The fraction of sp³-hybridized carbons (Fsp3) is 0.286. The number of allylic oxidation sites excluding steroid dienone is 2. The molecule has 3 nitrogen and oxygen atoms in total. The smallest absolute Gasteiger partial charge is 0.0692 e. The van der Waals surface area contributed by atoms with Gasteiger partial charge in [0.25, 0.3) is 0 Å². The van der Waals surface area contributed by atoms with E-state index in [2.05, 4.69) is 0 Å². The summed E-state index contributed by atoms with van der Waals surface area (Å²) in [6, 6.07) is 0. The first-order valence-electron chi connectivity index (χ1n) is 2.99. The van der Waals surface area contributed by atoms with Crippen molar-refractivity contribution < 1.29 is 9.90 Å². The van der Waals surface area contributed by atoms with Gasteiger partial charge in [-0.25, -0.2) is 0 Å². The number of carbonyl (C=O) groups excluding carboxylic acids is 1. The molecule has 0 bridgehead atoms. The molecule has 0 amide bonds. The summed E-state index contributed by atoms with van der Waals surface area (Å²) in [5.41, 5.74) is 0.324. The third kappa shape index (κ3) is 1.37. The molecule has 1 rings (SSSR count). The lowest BCUT2D eigenvalue weighted by molar-refractivity contribution is -0.299. The van der Waals surface area contributed by atoms with Gasteiger partial charge in [-0.2, -0.15) is 0 Å². The van der Waals surface area contributed by atoms with Crippen LogP contribution in [0.3, 0.4) is 0 Å². The van der Waals surface area contributed by atoms with Gasteiger partial charge < -0.3 is 14.8 Å². The molecular formula is C7H8NO2-. The van der Waals surface area contributed by atoms with Gasteiger partial charge >= 0.3 is 0 Å². The van der Waals surface area contributed by atoms with Gasteiger partial charge in [-0.05, 0) is 17.8 Å². The highest BCUT2D eigenvalue weighted by Gasteiger charge is 2.02. The van der Waals surface area contributed by atoms with Crippen LogP contribution in [0.25, 0.3) is 0 Å². The number of likely N-dealkylation sites (N-methyl/N-ethyl adjacent to an activating group) is 1. The van der Waals surface area contributed by atoms with E-state index >= 15 is 0 Å². The maximum atomic E-state index is 10.3. The molecule has 0 aromatic rings. The van der Waals surface area contributed by atoms with Crippen molar-refractivity contribution in [3.63, 3.8) is 0 Å². The van der Waals surface area contributed by atoms with Gasteiger partial charge in [-0.3, -0.25) is 0 Å². The second-order valence-electron chi connectivity index (χ2n) is 2.24. The van der Waals surface area contributed by atoms with Crippen LogP contribution in [0.1, 0.15) is 0 Å². The maximum Gasteiger partial charge on any atom is 0.0692 e. The second kappa shape index (κ2) is 2.56. The Morgan fingerprint density at radius 2 is 2.50 bits per heavy atom. The van der Waals surface area contributed by atoms with Gasteiger partial charge in [0.15, 0.2) is 0 Å². The first-order valence-corrected chi connectivity index (χ1v) is 2.99. The van der Waals surface area contributed by atoms with Crippen molar-refractivity contribution in [3.8, 4) is 0 Å². The van der Waals surface area contributed by atoms with Gasteiger partial charge in [0.05, 0.1) is 5.97 Å². The number of rotatable bonds is 1. The molecule has 0 unspecified atom stereocenters. The summed E-state index contributed by atoms with van der Waals surface area (Å²) in [4.78, 5) is 12.0. The van der Waals surface area contributed by atoms with E-state index in [4.69, 9.17) is 0 Å². The van der Waals surface area contributed by atoms with Crippen molar-refractivity contribution in [1.82, 2.24) is 4.90 Å². The average molecular weight is 138 g/mol. The number of hydrogen-bond donors (Lipinski definition) is 0. The number of carboxylic acid groups (broad SMARTS) is 1. The minimum absolute atomic E-state index is 0.324. The summed E-state index contributed by atoms with van der Waals surface area (Å²) in [7, 11) is 1.81. The molecular weight excluding hydrogens is 130 g/mol. The van der Waals surface area contributed by atoms with Crippen LogP contribution in [0.2, 0.25) is 0 Å². The van der Waals surface area contributed by atoms with Gasteiger partial charge in [0, 0.05) is 13.6 Å². The van der Waals surface area contributed by atoms with E-state index in [1.165, 1.54) is 0 Å². The Kier molecular flexibility index (Phi) is 1.76. The number of nitrogens with zero attached hydrogens (tertiary/aromatic N) is 1. The summed E-state index contributed by atoms with van der Waals surface area (Å²) in [6.45, 7) is 0.429. The van der Waals surface area contributed by atoms with Crippen molar-refractivity contribution >= 4 is 5.97 Å². The maximum absolute atomic E-state index is 10.3. The quantitative estimate of drug-likeness (QED) is 0.472. The monoisotopic (exact) mass is 138 g/mol. The lowest BCUT2D eigenvalue weighted by atomic mass is 10.2. The molecule has 0 radical (unpaired) electrons. The molecule has 0 spiro atoms. The van der Waals surface area contributed by atoms with Crippen molar-refractivity contribution in [1.29, 1.82) is 0 Å². The van der Waals surface area contributed by atoms with E-state index in [9.17, 15) is 9.90 Å². The van der Waals surface area contributed by atoms with E-state index in [0.29, 0.717) is 12.1 Å². The summed E-state index contributed by atoms with van der Waals surface area (Å²) < 4.78 is 0. The molecule has 0 fully saturated rings. The summed E-state index contributed by atoms with van der Waals surface area (Å²) in [5.74, 6) is -1.09. The SMILES string of the molecule is CN1C=CC=C(C(=O)[O-])C1. The van der Waals surface area contributed by atoms with Crippen LogP contribution in [0.5, 0.6) is 0 Å². The normalized spacial score (nSPS) is 16.9. The van der Waals surface area contributed by atoms with Crippen LogP contribution >= 0.6 is 0 Å². The van der Waals surface area contributed by atoms with Crippen LogP contribution in [0.4, 0.5) is 0 Å². The summed E-state index contributed by atoms with van der Waals surface area (Å²) in [5, 5.41) is 10.3. The summed E-state index contributed by atoms with van der Waals surface area (Å²) in [6.07, 6.45) is 5.05. The Bertz CT molecular complexity index is 206. The fourth-order valence-electron chi connectivity index (χ4n) is 0.813. The van der Waals surface area contributed by atoms with E-state index in [0.717, 1.165) is 0 Å². The van der Waals surface area contributed by atoms with Crippen LogP contribution in [0, 0.1) is 0 Å². The highest BCUT2D eigenvalue weighted by atomic mass is 16.4. The Morgan fingerprint density at radius 1 is 1.80 bits per heavy atom. The molecule has 54 valence electrons. The predicted octanol–water partition coefficient (Wildman–Crippen LogP) is -0.878. The Hall–Kier alpha value is -1.25. The van der Waals surface area contributed by atoms with Gasteiger partial charge in [0.2, 0.25) is 0 Å². The van der Waals surface area contributed by atoms with Gasteiger partial charge in [-0.1, -0.05) is 6.08 Å². The van der Waals surface area contributed by atoms with Crippen molar-refractivity contribution in [3.05, 3.63) is 23.9 Å². The third-order valence-electron chi connectivity index (χ3n) is 1.32. The first kappa shape index (κ1) is 6.86. The number of carbonyl (C=O) groups is 1. The number of hydrogen-bond acceptors (Lipinski definition) is 3. The van der Waals surface area contributed by atoms with Crippen LogP contribution in [-0.2, 0) is 4.79 Å². The molecule has 3 heteroatoms. The fourth-order valence-corrected chi connectivity index (χ4v) is 0.813. The van der Waals surface area contributed by atoms with Crippen LogP contribution in [0.15, 0.2) is 23.9 Å². The van der Waals surface area contributed by atoms with Gasteiger partial charge in [-0.15, -0.1) is 0 Å². The minimum Gasteiger partial charge on any atom is -0.545 e. The number of aliphatic carboxylic acids is 1. The molecule has 1 aliphatic heterocycles. The topological polar surface area (TPSA) is 43.4 Å². The van der Waals surface area contributed by atoms with Crippen molar-refractivity contribution in [2.75, 3.05) is 13.6 Å². The molecule has 0 atom stereocenters. The minimum atomic E-state index is -1.09. The zero-order valence-corrected chi connectivity index (χ0v) is 5.70. The van der Waals surface area contributed by atoms with Crippen LogP contribution < -0.4 is 5.11 Å². The molecule has 0 saturated heterocycles. The van der Waals surface area contributed by atoms with Crippen molar-refractivity contribution in [2.24, 2.45) is 0 Å². The lowest BCUT2D eigenvalue weighted by Crippen LogP contribution is -2.31. The molecule has 1 aliphatic rings. The largest absolute Gasteiger partial charge is 0.545 e. The summed E-state index contributed by atoms with van der Waals surface area (Å²) >= 11 is 0. The van der Waals surface area contributed by atoms with Crippen LogP contribution in [-0.4, -0.2) is 24.5 Å². The Balaban J connectivity index is 2.71. The molecule has 0 aliphatic carbocycles. The van der Waals surface area contributed by atoms with E-state index < -0.39 is 5.97 Å². The Labute approximate surface area is 59.3 Å². The van der Waals surface area contributed by atoms with Gasteiger partial charge in [0.1, 0.15) is 0 Å². The molecule has 0 aromatic carbocycles. The third-order valence-corrected chi connectivity index (χ3v) is 1.32. The molecule has 1 heterocycles. The molecule has 0 aromatic heterocycles. The lowest BCUT2D eigenvalue weighted by Gasteiger charge is -2.19. The standard InChI is InChI=1S/C7H9NO2/c1-8-4-2-3-6(5-8)7(9)10/h2-4H,5H2,1H3,(H,9,10)/p-1. The molecule has 0 N–H and O–H groups in total. The highest BCUT2D eigenvalue weighted by Crippen LogP contribution is 2.03. The molecule has 0 saturated carbocycles. The zero-order valence-electron chi connectivity index (χ0n) is 5.70. The number of carboxylic acids is 1. The second-order valence-corrected chi connectivity index (χ2v) is 2.24. The highest BCUT2D eigenvalue weighted by molar-refractivity contribution is 5.85. The van der Waals surface area contributed by atoms with E-state index in [1.807, 2.05) is 13.2 Å². The Morgan fingerprint density at radius 3 is 2.90 bits per heavy atom. The first-order chi connectivity index (χ1) is 4.70. The van der Waals surface area contributed by atoms with E-state index in [-0.39, 0.29) is 0 Å². The van der Waals surface area contributed by atoms with E-state index in [1.54, 1.807) is 17.1 Å². The zero-order chi connectivity index (χ0) is 7.56. The predicted molar refractivity (Wildman–Crippen MR) is 34.9 cm³/mol. The van der Waals surface area contributed by atoms with Crippen molar-refractivity contribution in [2.45, 2.75) is 0 Å². The average Bonchev–Trinajstić information content (AvgIpc) is 1.88.